The zero-order valence-corrected chi connectivity index (χ0v) is 16.7. The summed E-state index contributed by atoms with van der Waals surface area (Å²) in [4.78, 5) is 4.49. The van der Waals surface area contributed by atoms with Crippen molar-refractivity contribution in [3.05, 3.63) is 72.2 Å². The van der Waals surface area contributed by atoms with E-state index >= 15 is 0 Å². The number of rotatable bonds is 9. The first-order valence-corrected chi connectivity index (χ1v) is 10.2. The van der Waals surface area contributed by atoms with Gasteiger partial charge in [0.2, 0.25) is 0 Å². The molecule has 28 heavy (non-hydrogen) atoms. The molecule has 146 valence electrons. The van der Waals surface area contributed by atoms with E-state index in [1.165, 1.54) is 12.8 Å². The predicted molar refractivity (Wildman–Crippen MR) is 114 cm³/mol. The zero-order chi connectivity index (χ0) is 19.8. The first-order chi connectivity index (χ1) is 13.7. The van der Waals surface area contributed by atoms with E-state index in [4.69, 9.17) is 4.74 Å². The molecule has 0 saturated heterocycles. The molecule has 2 nitrogen and oxygen atoms in total. The smallest absolute Gasteiger partial charge is 0.132 e. The Hall–Kier alpha value is -2.68. The maximum absolute atomic E-state index is 14.6. The topological polar surface area (TPSA) is 22.1 Å². The van der Waals surface area contributed by atoms with Crippen molar-refractivity contribution in [3.8, 4) is 28.1 Å². The molecule has 1 heterocycles. The number of nitrogens with zero attached hydrogens (tertiary/aromatic N) is 1. The van der Waals surface area contributed by atoms with E-state index in [0.29, 0.717) is 11.3 Å². The van der Waals surface area contributed by atoms with Crippen molar-refractivity contribution in [1.82, 2.24) is 4.98 Å². The van der Waals surface area contributed by atoms with Crippen molar-refractivity contribution >= 4 is 0 Å². The number of ether oxygens (including phenoxy) is 1. The highest BCUT2D eigenvalue weighted by Gasteiger charge is 2.08. The summed E-state index contributed by atoms with van der Waals surface area (Å²) in [5.74, 6) is 0.669. The molecule has 0 N–H and O–H groups in total. The third-order valence-electron chi connectivity index (χ3n) is 4.80. The van der Waals surface area contributed by atoms with Crippen LogP contribution in [0.5, 0.6) is 5.75 Å². The molecule has 1 aromatic heterocycles. The van der Waals surface area contributed by atoms with Gasteiger partial charge in [-0.05, 0) is 60.7 Å². The molecule has 0 aliphatic rings. The number of unbranched alkanes of at least 4 members (excludes halogenated alkanes) is 2. The number of hydrogen-bond donors (Lipinski definition) is 0. The number of hydrogen-bond acceptors (Lipinski definition) is 2. The van der Waals surface area contributed by atoms with Gasteiger partial charge in [0, 0.05) is 17.3 Å². The van der Waals surface area contributed by atoms with Gasteiger partial charge in [-0.15, -0.1) is 0 Å². The Morgan fingerprint density at radius 1 is 0.857 bits per heavy atom. The lowest BCUT2D eigenvalue weighted by Gasteiger charge is -2.08. The molecular formula is C25H28FNO. The largest absolute Gasteiger partial charge is 0.494 e. The van der Waals surface area contributed by atoms with E-state index in [2.05, 4.69) is 18.8 Å². The fourth-order valence-electron chi connectivity index (χ4n) is 3.19. The summed E-state index contributed by atoms with van der Waals surface area (Å²) in [6, 6.07) is 17.4. The highest BCUT2D eigenvalue weighted by atomic mass is 19.1. The molecule has 3 heteroatoms. The summed E-state index contributed by atoms with van der Waals surface area (Å²) in [5.41, 5.74) is 4.33. The second-order valence-electron chi connectivity index (χ2n) is 7.08. The normalized spacial score (nSPS) is 10.8. The van der Waals surface area contributed by atoms with Gasteiger partial charge in [-0.2, -0.15) is 0 Å². The SMILES string of the molecule is CCCCCc1ccc(-c2ccc(-c3ccc(OCCC)cc3)cn2)c(F)c1. The Balaban J connectivity index is 1.71. The highest BCUT2D eigenvalue weighted by molar-refractivity contribution is 5.67. The van der Waals surface area contributed by atoms with E-state index < -0.39 is 0 Å². The first kappa shape index (κ1) is 20.1. The van der Waals surface area contributed by atoms with E-state index in [1.807, 2.05) is 48.5 Å². The van der Waals surface area contributed by atoms with Gasteiger partial charge < -0.3 is 4.74 Å². The van der Waals surface area contributed by atoms with Crippen molar-refractivity contribution < 1.29 is 9.13 Å². The molecule has 0 bridgehead atoms. The van der Waals surface area contributed by atoms with Gasteiger partial charge in [-0.25, -0.2) is 4.39 Å². The lowest BCUT2D eigenvalue weighted by molar-refractivity contribution is 0.317. The lowest BCUT2D eigenvalue weighted by Crippen LogP contribution is -1.94. The Kier molecular flexibility index (Phi) is 7.18. The average molecular weight is 378 g/mol. The van der Waals surface area contributed by atoms with Crippen LogP contribution in [-0.4, -0.2) is 11.6 Å². The third kappa shape index (κ3) is 5.19. The zero-order valence-electron chi connectivity index (χ0n) is 16.7. The molecule has 0 radical (unpaired) electrons. The van der Waals surface area contributed by atoms with E-state index in [-0.39, 0.29) is 5.82 Å². The molecule has 2 aromatic carbocycles. The van der Waals surface area contributed by atoms with Crippen molar-refractivity contribution in [1.29, 1.82) is 0 Å². The van der Waals surface area contributed by atoms with Crippen LogP contribution in [0.1, 0.15) is 45.1 Å². The van der Waals surface area contributed by atoms with Crippen LogP contribution in [0.15, 0.2) is 60.8 Å². The first-order valence-electron chi connectivity index (χ1n) is 10.2. The molecule has 3 rings (SSSR count). The van der Waals surface area contributed by atoms with Crippen LogP contribution in [0.2, 0.25) is 0 Å². The van der Waals surface area contributed by atoms with Crippen LogP contribution < -0.4 is 4.74 Å². The molecule has 0 amide bonds. The second-order valence-corrected chi connectivity index (χ2v) is 7.08. The Morgan fingerprint density at radius 3 is 2.29 bits per heavy atom. The number of aryl methyl sites for hydroxylation is 1. The number of pyridine rings is 1. The maximum Gasteiger partial charge on any atom is 0.132 e. The van der Waals surface area contributed by atoms with Crippen LogP contribution in [-0.2, 0) is 6.42 Å². The summed E-state index contributed by atoms with van der Waals surface area (Å²) in [7, 11) is 0. The van der Waals surface area contributed by atoms with Gasteiger partial charge >= 0.3 is 0 Å². The summed E-state index contributed by atoms with van der Waals surface area (Å²) in [5, 5.41) is 0. The fourth-order valence-corrected chi connectivity index (χ4v) is 3.19. The average Bonchev–Trinajstić information content (AvgIpc) is 2.73. The predicted octanol–water partition coefficient (Wildman–Crippen LogP) is 7.08. The Labute approximate surface area is 167 Å². The molecule has 0 aliphatic carbocycles. The van der Waals surface area contributed by atoms with Gasteiger partial charge in [0.15, 0.2) is 0 Å². The summed E-state index contributed by atoms with van der Waals surface area (Å²) in [6.45, 7) is 4.98. The van der Waals surface area contributed by atoms with E-state index in [1.54, 1.807) is 12.3 Å². The van der Waals surface area contributed by atoms with Crippen molar-refractivity contribution in [2.24, 2.45) is 0 Å². The van der Waals surface area contributed by atoms with Crippen LogP contribution in [0.3, 0.4) is 0 Å². The van der Waals surface area contributed by atoms with Gasteiger partial charge in [0.05, 0.1) is 12.3 Å². The minimum absolute atomic E-state index is 0.202. The van der Waals surface area contributed by atoms with Crippen LogP contribution in [0, 0.1) is 5.82 Å². The molecule has 0 aliphatic heterocycles. The molecule has 0 unspecified atom stereocenters. The van der Waals surface area contributed by atoms with Crippen LogP contribution >= 0.6 is 0 Å². The van der Waals surface area contributed by atoms with Crippen molar-refractivity contribution in [2.75, 3.05) is 6.61 Å². The third-order valence-corrected chi connectivity index (χ3v) is 4.80. The quantitative estimate of drug-likeness (QED) is 0.372. The molecule has 0 saturated carbocycles. The molecule has 0 atom stereocenters. The second kappa shape index (κ2) is 10.0. The fraction of sp³-hybridized carbons (Fsp3) is 0.320. The van der Waals surface area contributed by atoms with Crippen LogP contribution in [0.4, 0.5) is 4.39 Å². The minimum atomic E-state index is -0.202. The van der Waals surface area contributed by atoms with Crippen molar-refractivity contribution in [3.63, 3.8) is 0 Å². The summed E-state index contributed by atoms with van der Waals surface area (Å²) in [6.07, 6.45) is 7.17. The van der Waals surface area contributed by atoms with Crippen LogP contribution in [0.25, 0.3) is 22.4 Å². The monoisotopic (exact) mass is 377 g/mol. The van der Waals surface area contributed by atoms with Gasteiger partial charge in [-0.1, -0.05) is 51.0 Å². The lowest BCUT2D eigenvalue weighted by atomic mass is 10.0. The van der Waals surface area contributed by atoms with E-state index in [0.717, 1.165) is 48.3 Å². The molecule has 0 spiro atoms. The van der Waals surface area contributed by atoms with Crippen molar-refractivity contribution in [2.45, 2.75) is 46.0 Å². The molecule has 0 fully saturated rings. The van der Waals surface area contributed by atoms with Gasteiger partial charge in [0.1, 0.15) is 11.6 Å². The van der Waals surface area contributed by atoms with E-state index in [9.17, 15) is 4.39 Å². The van der Waals surface area contributed by atoms with Gasteiger partial charge in [0.25, 0.3) is 0 Å². The maximum atomic E-state index is 14.6. The van der Waals surface area contributed by atoms with Gasteiger partial charge in [-0.3, -0.25) is 4.98 Å². The molecule has 3 aromatic rings. The standard InChI is InChI=1S/C25H28FNO/c1-3-5-6-7-19-8-14-23(24(26)17-19)25-15-11-21(18-27-25)20-9-12-22(13-10-20)28-16-4-2/h8-15,17-18H,3-7,16H2,1-2H3. The minimum Gasteiger partial charge on any atom is -0.494 e. The number of halogens is 1. The Bertz CT molecular complexity index is 872. The summed E-state index contributed by atoms with van der Waals surface area (Å²) < 4.78 is 20.2. The Morgan fingerprint density at radius 2 is 1.64 bits per heavy atom. The highest BCUT2D eigenvalue weighted by Crippen LogP contribution is 2.26. The molecular weight excluding hydrogens is 349 g/mol. The number of benzene rings is 2. The number of aromatic nitrogens is 1. The summed E-state index contributed by atoms with van der Waals surface area (Å²) >= 11 is 0.